The molecule has 0 aliphatic heterocycles. The van der Waals surface area contributed by atoms with E-state index in [2.05, 4.69) is 9.97 Å². The number of aromatic amines is 1. The maximum atomic E-state index is 13.4. The van der Waals surface area contributed by atoms with E-state index in [0.717, 1.165) is 0 Å². The number of nitrogens with zero attached hydrogens (tertiary/aromatic N) is 1. The number of sulfonamides is 1. The first-order valence-electron chi connectivity index (χ1n) is 4.67. The molecule has 6 nitrogen and oxygen atoms in total. The molecule has 4 N–H and O–H groups in total. The summed E-state index contributed by atoms with van der Waals surface area (Å²) in [5.41, 5.74) is 4.74. The van der Waals surface area contributed by atoms with E-state index in [1.165, 1.54) is 12.4 Å². The van der Waals surface area contributed by atoms with E-state index in [1.54, 1.807) is 0 Å². The standard InChI is InChI=1S/C9H8F2N4O2S/c10-5-3-6(11)8(4-7(5)12)18(16,17)15-9-13-1-2-14-9/h1-4H,12H2,(H2,13,14,15). The summed E-state index contributed by atoms with van der Waals surface area (Å²) in [7, 11) is -4.22. The van der Waals surface area contributed by atoms with Crippen molar-refractivity contribution in [3.63, 3.8) is 0 Å². The Labute approximate surface area is 101 Å². The van der Waals surface area contributed by atoms with Crippen LogP contribution in [0.15, 0.2) is 29.4 Å². The van der Waals surface area contributed by atoms with Crippen LogP contribution in [-0.4, -0.2) is 18.4 Å². The van der Waals surface area contributed by atoms with Gasteiger partial charge in [-0.1, -0.05) is 0 Å². The summed E-state index contributed by atoms with van der Waals surface area (Å²) in [6.45, 7) is 0. The fourth-order valence-electron chi connectivity index (χ4n) is 1.25. The van der Waals surface area contributed by atoms with Gasteiger partial charge in [0, 0.05) is 18.5 Å². The van der Waals surface area contributed by atoms with Crippen molar-refractivity contribution in [2.75, 3.05) is 10.5 Å². The number of nitrogens with two attached hydrogens (primary N) is 1. The molecule has 0 aliphatic rings. The van der Waals surface area contributed by atoms with Crippen molar-refractivity contribution in [2.24, 2.45) is 0 Å². The highest BCUT2D eigenvalue weighted by Crippen LogP contribution is 2.22. The second-order valence-corrected chi connectivity index (χ2v) is 5.00. The maximum absolute atomic E-state index is 13.4. The molecule has 18 heavy (non-hydrogen) atoms. The van der Waals surface area contributed by atoms with E-state index >= 15 is 0 Å². The molecule has 96 valence electrons. The van der Waals surface area contributed by atoms with Gasteiger partial charge < -0.3 is 10.7 Å². The average Bonchev–Trinajstić information content (AvgIpc) is 2.75. The zero-order valence-corrected chi connectivity index (χ0v) is 9.63. The lowest BCUT2D eigenvalue weighted by Crippen LogP contribution is -2.16. The molecule has 0 bridgehead atoms. The Morgan fingerprint density at radius 3 is 2.61 bits per heavy atom. The van der Waals surface area contributed by atoms with Crippen LogP contribution >= 0.6 is 0 Å². The van der Waals surface area contributed by atoms with Gasteiger partial charge >= 0.3 is 0 Å². The van der Waals surface area contributed by atoms with E-state index in [4.69, 9.17) is 5.73 Å². The third-order valence-corrected chi connectivity index (χ3v) is 3.42. The predicted octanol–water partition coefficient (Wildman–Crippen LogP) is 1.07. The summed E-state index contributed by atoms with van der Waals surface area (Å²) in [6, 6.07) is 1.11. The summed E-state index contributed by atoms with van der Waals surface area (Å²) < 4.78 is 51.9. The second kappa shape index (κ2) is 4.26. The molecular formula is C9H8F2N4O2S. The molecule has 2 rings (SSSR count). The van der Waals surface area contributed by atoms with Crippen LogP contribution < -0.4 is 10.5 Å². The Hall–Kier alpha value is -2.16. The van der Waals surface area contributed by atoms with Crippen LogP contribution in [0.4, 0.5) is 20.4 Å². The van der Waals surface area contributed by atoms with E-state index in [0.29, 0.717) is 12.1 Å². The topological polar surface area (TPSA) is 101 Å². The molecule has 0 saturated heterocycles. The number of anilines is 2. The molecule has 1 aromatic heterocycles. The van der Waals surface area contributed by atoms with Gasteiger partial charge in [-0.2, -0.15) is 0 Å². The van der Waals surface area contributed by atoms with Gasteiger partial charge in [-0.25, -0.2) is 26.9 Å². The highest BCUT2D eigenvalue weighted by Gasteiger charge is 2.22. The molecule has 0 radical (unpaired) electrons. The Morgan fingerprint density at radius 1 is 1.28 bits per heavy atom. The highest BCUT2D eigenvalue weighted by molar-refractivity contribution is 7.92. The number of hydrogen-bond acceptors (Lipinski definition) is 4. The Bertz CT molecular complexity index is 670. The van der Waals surface area contributed by atoms with Gasteiger partial charge in [0.25, 0.3) is 10.0 Å². The molecule has 0 fully saturated rings. The van der Waals surface area contributed by atoms with Crippen LogP contribution in [-0.2, 0) is 10.0 Å². The number of halogens is 2. The highest BCUT2D eigenvalue weighted by atomic mass is 32.2. The van der Waals surface area contributed by atoms with Crippen molar-refractivity contribution < 1.29 is 17.2 Å². The molecule has 0 atom stereocenters. The van der Waals surface area contributed by atoms with Gasteiger partial charge in [-0.15, -0.1) is 0 Å². The smallest absolute Gasteiger partial charge is 0.267 e. The molecule has 9 heteroatoms. The first-order chi connectivity index (χ1) is 8.40. The molecule has 0 saturated carbocycles. The van der Waals surface area contributed by atoms with E-state index < -0.39 is 32.2 Å². The molecule has 0 spiro atoms. The quantitative estimate of drug-likeness (QED) is 0.729. The molecule has 0 unspecified atom stereocenters. The van der Waals surface area contributed by atoms with Crippen LogP contribution in [0.3, 0.4) is 0 Å². The molecule has 0 aliphatic carbocycles. The molecule has 2 aromatic rings. The van der Waals surface area contributed by atoms with Crippen LogP contribution in [0.25, 0.3) is 0 Å². The first kappa shape index (κ1) is 12.3. The molecule has 0 amide bonds. The van der Waals surface area contributed by atoms with Crippen LogP contribution in [0.1, 0.15) is 0 Å². The maximum Gasteiger partial charge on any atom is 0.267 e. The van der Waals surface area contributed by atoms with Crippen molar-refractivity contribution >= 4 is 21.7 Å². The SMILES string of the molecule is Nc1cc(S(=O)(=O)Nc2ncc[nH]2)c(F)cc1F. The molecule has 1 heterocycles. The lowest BCUT2D eigenvalue weighted by Gasteiger charge is -2.07. The summed E-state index contributed by atoms with van der Waals surface area (Å²) in [6.07, 6.45) is 2.69. The van der Waals surface area contributed by atoms with Gasteiger partial charge in [0.05, 0.1) is 5.69 Å². The fraction of sp³-hybridized carbons (Fsp3) is 0. The van der Waals surface area contributed by atoms with E-state index in [9.17, 15) is 17.2 Å². The van der Waals surface area contributed by atoms with Gasteiger partial charge in [0.1, 0.15) is 16.5 Å². The normalized spacial score (nSPS) is 11.4. The van der Waals surface area contributed by atoms with Crippen molar-refractivity contribution in [3.05, 3.63) is 36.2 Å². The first-order valence-corrected chi connectivity index (χ1v) is 6.15. The van der Waals surface area contributed by atoms with Crippen molar-refractivity contribution in [1.82, 2.24) is 9.97 Å². The minimum Gasteiger partial charge on any atom is -0.396 e. The summed E-state index contributed by atoms with van der Waals surface area (Å²) in [4.78, 5) is 5.35. The molecular weight excluding hydrogens is 266 g/mol. The van der Waals surface area contributed by atoms with E-state index in [1.807, 2.05) is 4.72 Å². The van der Waals surface area contributed by atoms with Crippen LogP contribution in [0, 0.1) is 11.6 Å². The monoisotopic (exact) mass is 274 g/mol. The number of imidazole rings is 1. The predicted molar refractivity (Wildman–Crippen MR) is 60.2 cm³/mol. The van der Waals surface area contributed by atoms with Gasteiger partial charge in [-0.3, -0.25) is 0 Å². The minimum atomic E-state index is -4.22. The third kappa shape index (κ3) is 2.25. The van der Waals surface area contributed by atoms with Crippen molar-refractivity contribution in [3.8, 4) is 0 Å². The summed E-state index contributed by atoms with van der Waals surface area (Å²) in [5, 5.41) is 0. The number of nitrogens with one attached hydrogen (secondary N) is 2. The number of nitrogen functional groups attached to an aromatic ring is 1. The fourth-order valence-corrected chi connectivity index (χ4v) is 2.33. The Balaban J connectivity index is 2.44. The lowest BCUT2D eigenvalue weighted by atomic mass is 10.3. The average molecular weight is 274 g/mol. The Kier molecular flexibility index (Phi) is 2.91. The van der Waals surface area contributed by atoms with Crippen LogP contribution in [0.2, 0.25) is 0 Å². The Morgan fingerprint density at radius 2 is 2.00 bits per heavy atom. The molecule has 1 aromatic carbocycles. The van der Waals surface area contributed by atoms with Gasteiger partial charge in [0.2, 0.25) is 5.95 Å². The number of benzene rings is 1. The van der Waals surface area contributed by atoms with Crippen LogP contribution in [0.5, 0.6) is 0 Å². The van der Waals surface area contributed by atoms with Crippen molar-refractivity contribution in [1.29, 1.82) is 0 Å². The summed E-state index contributed by atoms with van der Waals surface area (Å²) >= 11 is 0. The van der Waals surface area contributed by atoms with E-state index in [-0.39, 0.29) is 5.95 Å². The van der Waals surface area contributed by atoms with Gasteiger partial charge in [0.15, 0.2) is 0 Å². The second-order valence-electron chi connectivity index (χ2n) is 3.35. The zero-order valence-electron chi connectivity index (χ0n) is 8.81. The summed E-state index contributed by atoms with van der Waals surface area (Å²) in [5.74, 6) is -2.34. The van der Waals surface area contributed by atoms with Crippen molar-refractivity contribution in [2.45, 2.75) is 4.90 Å². The lowest BCUT2D eigenvalue weighted by molar-refractivity contribution is 0.553. The number of rotatable bonds is 3. The number of hydrogen-bond donors (Lipinski definition) is 3. The zero-order chi connectivity index (χ0) is 13.3. The largest absolute Gasteiger partial charge is 0.396 e. The third-order valence-electron chi connectivity index (χ3n) is 2.07. The number of aromatic nitrogens is 2. The number of H-pyrrole nitrogens is 1. The van der Waals surface area contributed by atoms with Gasteiger partial charge in [-0.05, 0) is 6.07 Å². The minimum absolute atomic E-state index is 0.0858.